The number of carbonyl (C=O) groups is 1. The number of benzene rings is 1. The van der Waals surface area contributed by atoms with Gasteiger partial charge in [-0.25, -0.2) is 0 Å². The molecule has 0 aliphatic carbocycles. The van der Waals surface area contributed by atoms with Crippen LogP contribution in [0.4, 0.5) is 0 Å². The first-order chi connectivity index (χ1) is 12.7. The number of aliphatic hydroxyl groups excluding tert-OH is 1. The molecule has 6 heteroatoms. The molecule has 140 valence electrons. The fourth-order valence-corrected chi connectivity index (χ4v) is 3.44. The molecule has 1 atom stereocenters. The Labute approximate surface area is 154 Å². The fraction of sp³-hybridized carbons (Fsp3) is 0.500. The molecule has 0 bridgehead atoms. The lowest BCUT2D eigenvalue weighted by atomic mass is 10.0. The summed E-state index contributed by atoms with van der Waals surface area (Å²) in [6, 6.07) is 12.2. The smallest absolute Gasteiger partial charge is 0.220 e. The van der Waals surface area contributed by atoms with Gasteiger partial charge in [0.2, 0.25) is 5.91 Å². The highest BCUT2D eigenvalue weighted by Crippen LogP contribution is 2.12. The fourth-order valence-electron chi connectivity index (χ4n) is 3.44. The molecule has 1 aromatic carbocycles. The summed E-state index contributed by atoms with van der Waals surface area (Å²) < 4.78 is 1.75. The van der Waals surface area contributed by atoms with E-state index in [9.17, 15) is 9.90 Å². The van der Waals surface area contributed by atoms with Crippen molar-refractivity contribution in [2.75, 3.05) is 19.6 Å². The minimum atomic E-state index is -0.424. The molecular formula is C20H28N4O2. The van der Waals surface area contributed by atoms with Crippen molar-refractivity contribution in [2.45, 2.75) is 44.4 Å². The van der Waals surface area contributed by atoms with E-state index in [1.54, 1.807) is 10.9 Å². The molecule has 1 aliphatic rings. The van der Waals surface area contributed by atoms with Crippen LogP contribution in [0.1, 0.15) is 24.8 Å². The lowest BCUT2D eigenvalue weighted by Crippen LogP contribution is -2.47. The van der Waals surface area contributed by atoms with Gasteiger partial charge in [-0.3, -0.25) is 9.48 Å². The number of hydrogen-bond acceptors (Lipinski definition) is 4. The predicted molar refractivity (Wildman–Crippen MR) is 101 cm³/mol. The van der Waals surface area contributed by atoms with Crippen LogP contribution in [0.25, 0.3) is 0 Å². The third-order valence-electron chi connectivity index (χ3n) is 4.86. The van der Waals surface area contributed by atoms with E-state index in [2.05, 4.69) is 27.4 Å². The van der Waals surface area contributed by atoms with Gasteiger partial charge in [-0.2, -0.15) is 5.10 Å². The van der Waals surface area contributed by atoms with Crippen molar-refractivity contribution in [3.63, 3.8) is 0 Å². The molecule has 6 nitrogen and oxygen atoms in total. The summed E-state index contributed by atoms with van der Waals surface area (Å²) in [4.78, 5) is 14.4. The molecule has 3 rings (SSSR count). The highest BCUT2D eigenvalue weighted by molar-refractivity contribution is 5.76. The zero-order valence-corrected chi connectivity index (χ0v) is 15.1. The maximum absolute atomic E-state index is 12.1. The summed E-state index contributed by atoms with van der Waals surface area (Å²) in [6.07, 6.45) is 6.35. The summed E-state index contributed by atoms with van der Waals surface area (Å²) in [7, 11) is 0. The Bertz CT molecular complexity index is 652. The summed E-state index contributed by atoms with van der Waals surface area (Å²) in [5.74, 6) is 0.131. The van der Waals surface area contributed by atoms with Gasteiger partial charge in [-0.1, -0.05) is 30.3 Å². The van der Waals surface area contributed by atoms with Crippen LogP contribution >= 0.6 is 0 Å². The molecule has 26 heavy (non-hydrogen) atoms. The minimum Gasteiger partial charge on any atom is -0.390 e. The number of amides is 1. The molecular weight excluding hydrogens is 328 g/mol. The van der Waals surface area contributed by atoms with Gasteiger partial charge in [0.25, 0.3) is 0 Å². The van der Waals surface area contributed by atoms with Gasteiger partial charge in [0, 0.05) is 44.5 Å². The van der Waals surface area contributed by atoms with Crippen molar-refractivity contribution in [3.05, 3.63) is 54.4 Å². The van der Waals surface area contributed by atoms with Gasteiger partial charge < -0.3 is 15.3 Å². The van der Waals surface area contributed by atoms with Gasteiger partial charge in [-0.15, -0.1) is 0 Å². The van der Waals surface area contributed by atoms with Crippen LogP contribution in [0.15, 0.2) is 48.8 Å². The van der Waals surface area contributed by atoms with Crippen molar-refractivity contribution < 1.29 is 9.90 Å². The van der Waals surface area contributed by atoms with Crippen LogP contribution < -0.4 is 5.32 Å². The average Bonchev–Trinajstić information content (AvgIpc) is 3.15. The molecule has 2 heterocycles. The van der Waals surface area contributed by atoms with E-state index in [1.807, 2.05) is 30.5 Å². The van der Waals surface area contributed by atoms with Gasteiger partial charge in [0.05, 0.1) is 12.6 Å². The van der Waals surface area contributed by atoms with Crippen LogP contribution in [0, 0.1) is 0 Å². The Morgan fingerprint density at radius 2 is 1.96 bits per heavy atom. The van der Waals surface area contributed by atoms with Crippen LogP contribution in [0.3, 0.4) is 0 Å². The van der Waals surface area contributed by atoms with E-state index >= 15 is 0 Å². The zero-order chi connectivity index (χ0) is 18.2. The quantitative estimate of drug-likeness (QED) is 0.751. The molecule has 1 unspecified atom stereocenters. The van der Waals surface area contributed by atoms with Gasteiger partial charge >= 0.3 is 0 Å². The Morgan fingerprint density at radius 3 is 2.65 bits per heavy atom. The van der Waals surface area contributed by atoms with Gasteiger partial charge in [0.15, 0.2) is 0 Å². The number of likely N-dealkylation sites (tertiary alicyclic amines) is 1. The first-order valence-corrected chi connectivity index (χ1v) is 9.40. The molecule has 0 spiro atoms. The van der Waals surface area contributed by atoms with Gasteiger partial charge in [-0.05, 0) is 30.9 Å². The second kappa shape index (κ2) is 9.50. The van der Waals surface area contributed by atoms with Gasteiger partial charge in [0.1, 0.15) is 0 Å². The van der Waals surface area contributed by atoms with Crippen LogP contribution in [0.2, 0.25) is 0 Å². The number of carbonyl (C=O) groups excluding carboxylic acids is 1. The molecule has 1 aromatic heterocycles. The topological polar surface area (TPSA) is 70.4 Å². The number of piperidine rings is 1. The van der Waals surface area contributed by atoms with E-state index in [-0.39, 0.29) is 11.9 Å². The monoisotopic (exact) mass is 356 g/mol. The van der Waals surface area contributed by atoms with Crippen LogP contribution in [-0.4, -0.2) is 57.5 Å². The maximum Gasteiger partial charge on any atom is 0.220 e. The van der Waals surface area contributed by atoms with E-state index in [0.29, 0.717) is 19.5 Å². The predicted octanol–water partition coefficient (Wildman–Crippen LogP) is 1.46. The number of aliphatic hydroxyl groups is 1. The van der Waals surface area contributed by atoms with E-state index in [1.165, 1.54) is 5.56 Å². The third kappa shape index (κ3) is 5.97. The second-order valence-corrected chi connectivity index (χ2v) is 7.01. The van der Waals surface area contributed by atoms with Crippen LogP contribution in [-0.2, 0) is 17.8 Å². The number of nitrogens with one attached hydrogen (secondary N) is 1. The van der Waals surface area contributed by atoms with Crippen molar-refractivity contribution in [3.8, 4) is 0 Å². The number of aryl methyl sites for hydroxylation is 1. The largest absolute Gasteiger partial charge is 0.390 e. The highest BCUT2D eigenvalue weighted by Gasteiger charge is 2.22. The number of aromatic nitrogens is 2. The first-order valence-electron chi connectivity index (χ1n) is 9.40. The standard InChI is InChI=1S/C20H28N4O2/c25-19(16-24-12-4-11-21-24)15-23-13-9-18(10-14-23)22-20(26)8-7-17-5-2-1-3-6-17/h1-6,11-12,18-19,25H,7-10,13-16H2,(H,22,26). The Hall–Kier alpha value is -2.18. The molecule has 1 saturated heterocycles. The minimum absolute atomic E-state index is 0.131. The van der Waals surface area contributed by atoms with Crippen molar-refractivity contribution in [2.24, 2.45) is 0 Å². The second-order valence-electron chi connectivity index (χ2n) is 7.01. The van der Waals surface area contributed by atoms with Crippen molar-refractivity contribution in [1.29, 1.82) is 0 Å². The molecule has 1 amide bonds. The number of β-amino-alcohol motifs (C(OH)–C–C–N with tert-alkyl or cyclic N) is 1. The lowest BCUT2D eigenvalue weighted by molar-refractivity contribution is -0.122. The van der Waals surface area contributed by atoms with Crippen molar-refractivity contribution >= 4 is 5.91 Å². The highest BCUT2D eigenvalue weighted by atomic mass is 16.3. The maximum atomic E-state index is 12.1. The summed E-state index contributed by atoms with van der Waals surface area (Å²) in [6.45, 7) is 2.97. The van der Waals surface area contributed by atoms with E-state index in [4.69, 9.17) is 0 Å². The Kier molecular flexibility index (Phi) is 6.80. The molecule has 1 aliphatic heterocycles. The average molecular weight is 356 g/mol. The third-order valence-corrected chi connectivity index (χ3v) is 4.86. The summed E-state index contributed by atoms with van der Waals surface area (Å²) in [5.41, 5.74) is 1.20. The summed E-state index contributed by atoms with van der Waals surface area (Å²) in [5, 5.41) is 17.5. The number of nitrogens with zero attached hydrogens (tertiary/aromatic N) is 3. The molecule has 1 fully saturated rings. The van der Waals surface area contributed by atoms with E-state index in [0.717, 1.165) is 32.4 Å². The normalized spacial score (nSPS) is 17.1. The van der Waals surface area contributed by atoms with E-state index < -0.39 is 6.10 Å². The Morgan fingerprint density at radius 1 is 1.19 bits per heavy atom. The number of rotatable bonds is 8. The molecule has 0 saturated carbocycles. The first kappa shape index (κ1) is 18.6. The lowest BCUT2D eigenvalue weighted by Gasteiger charge is -2.33. The zero-order valence-electron chi connectivity index (χ0n) is 15.1. The summed E-state index contributed by atoms with van der Waals surface area (Å²) >= 11 is 0. The van der Waals surface area contributed by atoms with Crippen molar-refractivity contribution in [1.82, 2.24) is 20.0 Å². The van der Waals surface area contributed by atoms with Crippen LogP contribution in [0.5, 0.6) is 0 Å². The SMILES string of the molecule is O=C(CCc1ccccc1)NC1CCN(CC(O)Cn2cccn2)CC1. The molecule has 2 aromatic rings. The molecule has 0 radical (unpaired) electrons. The number of hydrogen-bond donors (Lipinski definition) is 2. The molecule has 2 N–H and O–H groups in total. The Balaban J connectivity index is 1.32.